The number of esters is 1. The largest absolute Gasteiger partial charge is 0.487 e. The van der Waals surface area contributed by atoms with Crippen LogP contribution in [0.2, 0.25) is 0 Å². The van der Waals surface area contributed by atoms with Crippen LogP contribution in [0.15, 0.2) is 91.5 Å². The number of carbonyl (C=O) groups is 1. The zero-order valence-electron chi connectivity index (χ0n) is 16.7. The van der Waals surface area contributed by atoms with Gasteiger partial charge < -0.3 is 9.47 Å². The summed E-state index contributed by atoms with van der Waals surface area (Å²) in [7, 11) is 0. The first-order chi connectivity index (χ1) is 14.6. The van der Waals surface area contributed by atoms with E-state index in [1.807, 2.05) is 72.8 Å². The number of para-hydroxylation sites is 2. The Hall–Kier alpha value is -3.92. The van der Waals surface area contributed by atoms with Crippen molar-refractivity contribution >= 4 is 22.4 Å². The number of pyridine rings is 1. The highest BCUT2D eigenvalue weighted by molar-refractivity contribution is 5.83. The molecule has 0 spiro atoms. The summed E-state index contributed by atoms with van der Waals surface area (Å²) < 4.78 is 11.2. The fourth-order valence-corrected chi connectivity index (χ4v) is 3.21. The van der Waals surface area contributed by atoms with E-state index in [4.69, 9.17) is 9.47 Å². The van der Waals surface area contributed by atoms with Crippen molar-refractivity contribution in [3.05, 3.63) is 108 Å². The second-order valence-electron chi connectivity index (χ2n) is 6.88. The molecule has 30 heavy (non-hydrogen) atoms. The molecular weight excluding hydrogens is 374 g/mol. The molecule has 4 rings (SSSR count). The third-order valence-corrected chi connectivity index (χ3v) is 4.71. The molecule has 148 valence electrons. The van der Waals surface area contributed by atoms with Crippen molar-refractivity contribution in [2.24, 2.45) is 0 Å². The van der Waals surface area contributed by atoms with E-state index in [0.29, 0.717) is 12.4 Å². The van der Waals surface area contributed by atoms with Crippen molar-refractivity contribution < 1.29 is 14.3 Å². The lowest BCUT2D eigenvalue weighted by atomic mass is 9.99. The number of ether oxygens (including phenoxy) is 2. The molecule has 1 aromatic heterocycles. The van der Waals surface area contributed by atoms with E-state index in [2.05, 4.69) is 17.6 Å². The Bertz CT molecular complexity index is 1210. The molecule has 0 aliphatic carbocycles. The predicted molar refractivity (Wildman–Crippen MR) is 118 cm³/mol. The molecule has 4 aromatic rings. The third-order valence-electron chi connectivity index (χ3n) is 4.71. The Morgan fingerprint density at radius 2 is 1.63 bits per heavy atom. The second-order valence-corrected chi connectivity index (χ2v) is 6.88. The first-order valence-electron chi connectivity index (χ1n) is 9.65. The first-order valence-corrected chi connectivity index (χ1v) is 9.65. The number of hydrogen-bond acceptors (Lipinski definition) is 4. The summed E-state index contributed by atoms with van der Waals surface area (Å²) in [6.07, 6.45) is 0. The second kappa shape index (κ2) is 8.62. The van der Waals surface area contributed by atoms with Gasteiger partial charge in [-0.2, -0.15) is 0 Å². The average molecular weight is 395 g/mol. The molecule has 0 saturated carbocycles. The molecule has 0 bridgehead atoms. The van der Waals surface area contributed by atoms with Crippen LogP contribution >= 0.6 is 0 Å². The Morgan fingerprint density at radius 3 is 2.43 bits per heavy atom. The molecule has 0 aliphatic rings. The van der Waals surface area contributed by atoms with E-state index in [-0.39, 0.29) is 5.97 Å². The van der Waals surface area contributed by atoms with Gasteiger partial charge in [-0.1, -0.05) is 61.2 Å². The van der Waals surface area contributed by atoms with Crippen molar-refractivity contribution in [2.45, 2.75) is 13.5 Å². The van der Waals surface area contributed by atoms with Gasteiger partial charge in [-0.25, -0.2) is 4.98 Å². The third kappa shape index (κ3) is 4.39. The van der Waals surface area contributed by atoms with Crippen molar-refractivity contribution in [2.75, 3.05) is 0 Å². The minimum atomic E-state index is -0.360. The molecule has 0 amide bonds. The van der Waals surface area contributed by atoms with Crippen LogP contribution in [0.4, 0.5) is 0 Å². The lowest BCUT2D eigenvalue weighted by Crippen LogP contribution is -2.03. The maximum Gasteiger partial charge on any atom is 0.308 e. The molecule has 0 unspecified atom stereocenters. The van der Waals surface area contributed by atoms with Gasteiger partial charge in [0.15, 0.2) is 0 Å². The Kier molecular flexibility index (Phi) is 5.57. The molecule has 0 atom stereocenters. The zero-order chi connectivity index (χ0) is 20.9. The molecule has 0 saturated heterocycles. The molecule has 3 aromatic carbocycles. The maximum atomic E-state index is 11.4. The van der Waals surface area contributed by atoms with Crippen LogP contribution in [0.1, 0.15) is 23.7 Å². The van der Waals surface area contributed by atoms with Crippen molar-refractivity contribution in [1.82, 2.24) is 4.98 Å². The van der Waals surface area contributed by atoms with Crippen LogP contribution in [0.3, 0.4) is 0 Å². The van der Waals surface area contributed by atoms with E-state index in [1.165, 1.54) is 6.92 Å². The highest BCUT2D eigenvalue weighted by atomic mass is 16.5. The first kappa shape index (κ1) is 19.4. The average Bonchev–Trinajstić information content (AvgIpc) is 2.77. The summed E-state index contributed by atoms with van der Waals surface area (Å²) in [5.74, 6) is 0.883. The Morgan fingerprint density at radius 1 is 0.900 bits per heavy atom. The summed E-state index contributed by atoms with van der Waals surface area (Å²) in [4.78, 5) is 16.0. The standard InChI is InChI=1S/C26H21NO3/c1-18(24-8-4-6-10-26(24)30-19(2)28)20-12-15-23(16-13-20)29-17-22-14-11-21-7-3-5-9-25(21)27-22/h3-16H,1,17H2,2H3. The van der Waals surface area contributed by atoms with Crippen LogP contribution in [0, 0.1) is 0 Å². The predicted octanol–water partition coefficient (Wildman–Crippen LogP) is 5.80. The summed E-state index contributed by atoms with van der Waals surface area (Å²) >= 11 is 0. The number of nitrogens with zero attached hydrogens (tertiary/aromatic N) is 1. The topological polar surface area (TPSA) is 48.4 Å². The highest BCUT2D eigenvalue weighted by Gasteiger charge is 2.11. The number of rotatable bonds is 6. The SMILES string of the molecule is C=C(c1ccc(OCc2ccc3ccccc3n2)cc1)c1ccccc1OC(C)=O. The normalized spacial score (nSPS) is 10.6. The number of carbonyl (C=O) groups excluding carboxylic acids is 1. The molecule has 4 heteroatoms. The minimum Gasteiger partial charge on any atom is -0.487 e. The van der Waals surface area contributed by atoms with Gasteiger partial charge in [0, 0.05) is 17.9 Å². The van der Waals surface area contributed by atoms with E-state index < -0.39 is 0 Å². The van der Waals surface area contributed by atoms with E-state index in [9.17, 15) is 4.79 Å². The lowest BCUT2D eigenvalue weighted by molar-refractivity contribution is -0.131. The van der Waals surface area contributed by atoms with E-state index in [0.717, 1.165) is 39.0 Å². The van der Waals surface area contributed by atoms with Gasteiger partial charge in [-0.3, -0.25) is 4.79 Å². The summed E-state index contributed by atoms with van der Waals surface area (Å²) in [5.41, 5.74) is 4.30. The molecule has 0 N–H and O–H groups in total. The van der Waals surface area contributed by atoms with Crippen molar-refractivity contribution in [3.63, 3.8) is 0 Å². The molecule has 1 heterocycles. The van der Waals surface area contributed by atoms with Crippen molar-refractivity contribution in [3.8, 4) is 11.5 Å². The maximum absolute atomic E-state index is 11.4. The van der Waals surface area contributed by atoms with Crippen molar-refractivity contribution in [1.29, 1.82) is 0 Å². The van der Waals surface area contributed by atoms with Gasteiger partial charge in [0.1, 0.15) is 18.1 Å². The molecule has 0 aliphatic heterocycles. The Balaban J connectivity index is 1.46. The number of benzene rings is 3. The lowest BCUT2D eigenvalue weighted by Gasteiger charge is -2.12. The number of aromatic nitrogens is 1. The van der Waals surface area contributed by atoms with E-state index >= 15 is 0 Å². The molecule has 4 nitrogen and oxygen atoms in total. The van der Waals surface area contributed by atoms with E-state index in [1.54, 1.807) is 6.07 Å². The highest BCUT2D eigenvalue weighted by Crippen LogP contribution is 2.30. The Labute approximate surface area is 175 Å². The summed E-state index contributed by atoms with van der Waals surface area (Å²) in [6.45, 7) is 5.95. The molecular formula is C26H21NO3. The number of hydrogen-bond donors (Lipinski definition) is 0. The zero-order valence-corrected chi connectivity index (χ0v) is 16.7. The van der Waals surface area contributed by atoms with Crippen LogP contribution in [-0.4, -0.2) is 11.0 Å². The molecule has 0 radical (unpaired) electrons. The van der Waals surface area contributed by atoms with Gasteiger partial charge in [0.25, 0.3) is 0 Å². The fourth-order valence-electron chi connectivity index (χ4n) is 3.21. The van der Waals surface area contributed by atoms with Gasteiger partial charge in [-0.05, 0) is 41.5 Å². The quantitative estimate of drug-likeness (QED) is 0.306. The summed E-state index contributed by atoms with van der Waals surface area (Å²) in [6, 6.07) is 27.1. The van der Waals surface area contributed by atoms with Crippen LogP contribution in [0.5, 0.6) is 11.5 Å². The summed E-state index contributed by atoms with van der Waals surface area (Å²) in [5, 5.41) is 1.11. The van der Waals surface area contributed by atoms with Gasteiger partial charge in [0.2, 0.25) is 0 Å². The fraction of sp³-hybridized carbons (Fsp3) is 0.0769. The van der Waals surface area contributed by atoms with Gasteiger partial charge in [0.05, 0.1) is 11.2 Å². The van der Waals surface area contributed by atoms with Gasteiger partial charge in [-0.15, -0.1) is 0 Å². The van der Waals surface area contributed by atoms with Crippen LogP contribution < -0.4 is 9.47 Å². The van der Waals surface area contributed by atoms with Crippen LogP contribution in [0.25, 0.3) is 16.5 Å². The van der Waals surface area contributed by atoms with Gasteiger partial charge >= 0.3 is 5.97 Å². The molecule has 0 fully saturated rings. The van der Waals surface area contributed by atoms with Crippen LogP contribution in [-0.2, 0) is 11.4 Å². The monoisotopic (exact) mass is 395 g/mol. The smallest absolute Gasteiger partial charge is 0.308 e. The minimum absolute atomic E-state index is 0.360. The number of fused-ring (bicyclic) bond motifs is 1.